The van der Waals surface area contributed by atoms with Crippen LogP contribution < -0.4 is 9.47 Å². The van der Waals surface area contributed by atoms with E-state index in [2.05, 4.69) is 0 Å². The Balaban J connectivity index is 2.04. The molecule has 1 aromatic rings. The smallest absolute Gasteiger partial charge is 0.309 e. The summed E-state index contributed by atoms with van der Waals surface area (Å²) in [6, 6.07) is 2.80. The van der Waals surface area contributed by atoms with Gasteiger partial charge in [-0.05, 0) is 17.7 Å². The molecule has 1 aromatic carbocycles. The Morgan fingerprint density at radius 2 is 2.10 bits per heavy atom. The first-order valence-electron chi connectivity index (χ1n) is 6.56. The zero-order valence-electron chi connectivity index (χ0n) is 11.3. The zero-order valence-corrected chi connectivity index (χ0v) is 12.1. The van der Waals surface area contributed by atoms with Gasteiger partial charge in [-0.15, -0.1) is 0 Å². The Hall–Kier alpha value is -1.95. The molecular formula is C14H14ClNO5. The van der Waals surface area contributed by atoms with Gasteiger partial charge in [0.15, 0.2) is 11.5 Å². The molecule has 2 aliphatic heterocycles. The van der Waals surface area contributed by atoms with Crippen molar-refractivity contribution in [1.82, 2.24) is 4.90 Å². The molecule has 0 aromatic heterocycles. The summed E-state index contributed by atoms with van der Waals surface area (Å²) in [5.41, 5.74) is 0.644. The van der Waals surface area contributed by atoms with Crippen LogP contribution in [0.5, 0.6) is 11.5 Å². The van der Waals surface area contributed by atoms with Crippen LogP contribution in [-0.4, -0.2) is 42.1 Å². The first-order chi connectivity index (χ1) is 9.99. The van der Waals surface area contributed by atoms with Crippen LogP contribution in [0.15, 0.2) is 12.1 Å². The highest BCUT2D eigenvalue weighted by Crippen LogP contribution is 2.44. The maximum Gasteiger partial charge on any atom is 0.309 e. The Labute approximate surface area is 126 Å². The summed E-state index contributed by atoms with van der Waals surface area (Å²) in [6.07, 6.45) is -0.0113. The molecule has 2 aliphatic rings. The lowest BCUT2D eigenvalue weighted by molar-refractivity contribution is -0.142. The Morgan fingerprint density at radius 1 is 1.38 bits per heavy atom. The first-order valence-corrected chi connectivity index (χ1v) is 6.94. The van der Waals surface area contributed by atoms with E-state index in [9.17, 15) is 14.7 Å². The molecule has 0 bridgehead atoms. The molecule has 2 unspecified atom stereocenters. The molecule has 3 rings (SSSR count). The molecule has 2 atom stereocenters. The van der Waals surface area contributed by atoms with Gasteiger partial charge in [0.05, 0.1) is 17.0 Å². The average molecular weight is 312 g/mol. The summed E-state index contributed by atoms with van der Waals surface area (Å²) in [5, 5.41) is 9.68. The van der Waals surface area contributed by atoms with E-state index < -0.39 is 17.9 Å². The van der Waals surface area contributed by atoms with E-state index in [4.69, 9.17) is 21.1 Å². The SMILES string of the molecule is CN1C(=O)CC(C(=O)O)C1c1cc(Cl)c2c(c1)OCCO2. The Kier molecular flexibility index (Phi) is 3.41. The van der Waals surface area contributed by atoms with Gasteiger partial charge in [0, 0.05) is 13.5 Å². The summed E-state index contributed by atoms with van der Waals surface area (Å²) >= 11 is 6.18. The number of aliphatic carboxylic acids is 1. The van der Waals surface area contributed by atoms with E-state index in [0.29, 0.717) is 35.3 Å². The van der Waals surface area contributed by atoms with Gasteiger partial charge in [0.2, 0.25) is 5.91 Å². The molecule has 0 saturated carbocycles. The van der Waals surface area contributed by atoms with Gasteiger partial charge in [-0.3, -0.25) is 9.59 Å². The number of benzene rings is 1. The average Bonchev–Trinajstić information content (AvgIpc) is 2.75. The molecule has 0 aliphatic carbocycles. The highest BCUT2D eigenvalue weighted by Gasteiger charge is 2.43. The second kappa shape index (κ2) is 5.11. The maximum absolute atomic E-state index is 11.8. The predicted octanol–water partition coefficient (Wildman–Crippen LogP) is 1.72. The zero-order chi connectivity index (χ0) is 15.1. The number of hydrogen-bond donors (Lipinski definition) is 1. The van der Waals surface area contributed by atoms with E-state index >= 15 is 0 Å². The normalized spacial score (nSPS) is 24.3. The lowest BCUT2D eigenvalue weighted by Crippen LogP contribution is -2.27. The summed E-state index contributed by atoms with van der Waals surface area (Å²) < 4.78 is 10.9. The molecule has 112 valence electrons. The highest BCUT2D eigenvalue weighted by molar-refractivity contribution is 6.32. The molecule has 1 N–H and O–H groups in total. The van der Waals surface area contributed by atoms with Crippen molar-refractivity contribution in [3.8, 4) is 11.5 Å². The number of halogens is 1. The van der Waals surface area contributed by atoms with Gasteiger partial charge >= 0.3 is 5.97 Å². The van der Waals surface area contributed by atoms with Crippen LogP contribution in [-0.2, 0) is 9.59 Å². The minimum absolute atomic E-state index is 0.0113. The fourth-order valence-corrected chi connectivity index (χ4v) is 3.12. The number of likely N-dealkylation sites (tertiary alicyclic amines) is 1. The number of carboxylic acids is 1. The summed E-state index contributed by atoms with van der Waals surface area (Å²) in [4.78, 5) is 24.6. The second-order valence-corrected chi connectivity index (χ2v) is 5.53. The van der Waals surface area contributed by atoms with Crippen molar-refractivity contribution in [2.45, 2.75) is 12.5 Å². The number of amides is 1. The molecule has 6 nitrogen and oxygen atoms in total. The number of hydrogen-bond acceptors (Lipinski definition) is 4. The fourth-order valence-electron chi connectivity index (χ4n) is 2.85. The van der Waals surface area contributed by atoms with Crippen molar-refractivity contribution in [1.29, 1.82) is 0 Å². The molecule has 7 heteroatoms. The van der Waals surface area contributed by atoms with Crippen molar-refractivity contribution in [3.05, 3.63) is 22.7 Å². The predicted molar refractivity (Wildman–Crippen MR) is 73.7 cm³/mol. The highest BCUT2D eigenvalue weighted by atomic mass is 35.5. The van der Waals surface area contributed by atoms with E-state index in [0.717, 1.165) is 0 Å². The number of carbonyl (C=O) groups excluding carboxylic acids is 1. The van der Waals surface area contributed by atoms with Crippen molar-refractivity contribution in [2.24, 2.45) is 5.92 Å². The van der Waals surface area contributed by atoms with Crippen LogP contribution >= 0.6 is 11.6 Å². The summed E-state index contributed by atoms with van der Waals surface area (Å²) in [6.45, 7) is 0.834. The van der Waals surface area contributed by atoms with Crippen molar-refractivity contribution < 1.29 is 24.2 Å². The van der Waals surface area contributed by atoms with Crippen LogP contribution in [0.25, 0.3) is 0 Å². The minimum Gasteiger partial charge on any atom is -0.486 e. The molecular weight excluding hydrogens is 298 g/mol. The van der Waals surface area contributed by atoms with Gasteiger partial charge in [0.1, 0.15) is 13.2 Å². The van der Waals surface area contributed by atoms with E-state index in [-0.39, 0.29) is 12.3 Å². The number of rotatable bonds is 2. The maximum atomic E-state index is 11.8. The van der Waals surface area contributed by atoms with E-state index in [1.54, 1.807) is 19.2 Å². The summed E-state index contributed by atoms with van der Waals surface area (Å²) in [5.74, 6) is -1.03. The lowest BCUT2D eigenvalue weighted by atomic mass is 9.93. The molecule has 0 spiro atoms. The van der Waals surface area contributed by atoms with Crippen LogP contribution in [0.4, 0.5) is 0 Å². The summed E-state index contributed by atoms with van der Waals surface area (Å²) in [7, 11) is 1.60. The van der Waals surface area contributed by atoms with Gasteiger partial charge < -0.3 is 19.5 Å². The quantitative estimate of drug-likeness (QED) is 0.900. The number of ether oxygens (including phenoxy) is 2. The number of carbonyl (C=O) groups is 2. The van der Waals surface area contributed by atoms with Gasteiger partial charge in [-0.25, -0.2) is 0 Å². The van der Waals surface area contributed by atoms with Crippen LogP contribution in [0.1, 0.15) is 18.0 Å². The van der Waals surface area contributed by atoms with Gasteiger partial charge in [0.25, 0.3) is 0 Å². The largest absolute Gasteiger partial charge is 0.486 e. The standard InChI is InChI=1S/C14H14ClNO5/c1-16-11(17)6-8(14(18)19)12(16)7-4-9(15)13-10(5-7)20-2-3-21-13/h4-5,8,12H,2-3,6H2,1H3,(H,18,19). The van der Waals surface area contributed by atoms with E-state index in [1.807, 2.05) is 0 Å². The monoisotopic (exact) mass is 311 g/mol. The van der Waals surface area contributed by atoms with Crippen LogP contribution in [0, 0.1) is 5.92 Å². The second-order valence-electron chi connectivity index (χ2n) is 5.13. The first kappa shape index (κ1) is 14.0. The number of carboxylic acid groups (broad SMARTS) is 1. The molecule has 1 saturated heterocycles. The van der Waals surface area contributed by atoms with Gasteiger partial charge in [-0.2, -0.15) is 0 Å². The molecule has 0 radical (unpaired) electrons. The third-order valence-corrected chi connectivity index (χ3v) is 4.14. The van der Waals surface area contributed by atoms with Crippen molar-refractivity contribution >= 4 is 23.5 Å². The van der Waals surface area contributed by atoms with Crippen LogP contribution in [0.3, 0.4) is 0 Å². The number of fused-ring (bicyclic) bond motifs is 1. The molecule has 2 heterocycles. The topological polar surface area (TPSA) is 76.1 Å². The third-order valence-electron chi connectivity index (χ3n) is 3.86. The molecule has 1 amide bonds. The minimum atomic E-state index is -0.997. The third kappa shape index (κ3) is 2.29. The molecule has 1 fully saturated rings. The van der Waals surface area contributed by atoms with Crippen molar-refractivity contribution in [2.75, 3.05) is 20.3 Å². The van der Waals surface area contributed by atoms with Crippen molar-refractivity contribution in [3.63, 3.8) is 0 Å². The Bertz CT molecular complexity index is 618. The lowest BCUT2D eigenvalue weighted by Gasteiger charge is -2.26. The fraction of sp³-hybridized carbons (Fsp3) is 0.429. The molecule has 21 heavy (non-hydrogen) atoms. The number of nitrogens with zero attached hydrogens (tertiary/aromatic N) is 1. The van der Waals surface area contributed by atoms with Gasteiger partial charge in [-0.1, -0.05) is 11.6 Å². The Morgan fingerprint density at radius 3 is 2.81 bits per heavy atom. The van der Waals surface area contributed by atoms with E-state index in [1.165, 1.54) is 4.90 Å². The van der Waals surface area contributed by atoms with Crippen LogP contribution in [0.2, 0.25) is 5.02 Å².